The molecule has 0 aromatic rings. The fraction of sp³-hybridized carbons (Fsp3) is 0.750. The van der Waals surface area contributed by atoms with Gasteiger partial charge in [-0.15, -0.1) is 0 Å². The Morgan fingerprint density at radius 1 is 1.30 bits per heavy atom. The van der Waals surface area contributed by atoms with Gasteiger partial charge in [-0.05, 0) is 19.4 Å². The van der Waals surface area contributed by atoms with E-state index >= 15 is 0 Å². The van der Waals surface area contributed by atoms with Gasteiger partial charge in [0.05, 0.1) is 0 Å². The van der Waals surface area contributed by atoms with E-state index < -0.39 is 0 Å². The molecule has 2 heteroatoms. The smallest absolute Gasteiger partial charge is 0.0528 e. The van der Waals surface area contributed by atoms with Crippen LogP contribution in [0.4, 0.5) is 0 Å². The van der Waals surface area contributed by atoms with Crippen LogP contribution < -0.4 is 0 Å². The molecule has 0 amide bonds. The van der Waals surface area contributed by atoms with Crippen molar-refractivity contribution in [2.45, 2.75) is 38.1 Å². The van der Waals surface area contributed by atoms with Gasteiger partial charge in [-0.2, -0.15) is 0 Å². The van der Waals surface area contributed by atoms with Gasteiger partial charge in [0.1, 0.15) is 0 Å². The Labute approximate surface area is 61.5 Å². The van der Waals surface area contributed by atoms with Crippen molar-refractivity contribution in [2.24, 2.45) is 0 Å². The standard InChI is InChI=1S/C8H14NO/c1-2-9(10)8-6-4-3-5-7-8/h2,8H,1,3-7H2/q+1. The van der Waals surface area contributed by atoms with E-state index in [1.165, 1.54) is 25.5 Å². The molecule has 0 bridgehead atoms. The fourth-order valence-corrected chi connectivity index (χ4v) is 1.48. The van der Waals surface area contributed by atoms with Gasteiger partial charge in [-0.25, -0.2) is 0 Å². The van der Waals surface area contributed by atoms with Gasteiger partial charge < -0.3 is 0 Å². The maximum Gasteiger partial charge on any atom is 0.214 e. The van der Waals surface area contributed by atoms with Crippen LogP contribution in [0.2, 0.25) is 0 Å². The van der Waals surface area contributed by atoms with Gasteiger partial charge in [-0.1, -0.05) is 6.42 Å². The molecular formula is C8H14NO+. The number of hydrogen-bond donors (Lipinski definition) is 0. The molecule has 0 unspecified atom stereocenters. The first-order chi connectivity index (χ1) is 4.84. The highest BCUT2D eigenvalue weighted by Crippen LogP contribution is 2.19. The van der Waals surface area contributed by atoms with Gasteiger partial charge in [0.2, 0.25) is 12.2 Å². The lowest BCUT2D eigenvalue weighted by Crippen LogP contribution is -2.22. The molecule has 0 spiro atoms. The molecular weight excluding hydrogens is 126 g/mol. The second kappa shape index (κ2) is 3.49. The minimum atomic E-state index is 0.228. The Hall–Kier alpha value is -0.660. The van der Waals surface area contributed by atoms with Crippen molar-refractivity contribution in [3.8, 4) is 0 Å². The largest absolute Gasteiger partial charge is 0.214 e. The van der Waals surface area contributed by atoms with Gasteiger partial charge >= 0.3 is 0 Å². The lowest BCUT2D eigenvalue weighted by Gasteiger charge is -2.12. The molecule has 2 nitrogen and oxygen atoms in total. The SMILES string of the molecule is C=C[N+](=O)C1CCCCC1. The summed E-state index contributed by atoms with van der Waals surface area (Å²) in [5, 5.41) is 0. The van der Waals surface area contributed by atoms with E-state index in [1.54, 1.807) is 0 Å². The molecule has 0 aromatic heterocycles. The number of nitrogens with zero attached hydrogens (tertiary/aromatic N) is 1. The molecule has 0 radical (unpaired) electrons. The zero-order valence-corrected chi connectivity index (χ0v) is 6.25. The molecule has 0 heterocycles. The predicted octanol–water partition coefficient (Wildman–Crippen LogP) is 2.24. The highest BCUT2D eigenvalue weighted by atomic mass is 16.3. The number of hydrogen-bond acceptors (Lipinski definition) is 1. The average Bonchev–Trinajstić information content (AvgIpc) is 2.05. The minimum absolute atomic E-state index is 0.228. The summed E-state index contributed by atoms with van der Waals surface area (Å²) >= 11 is 0. The maximum absolute atomic E-state index is 11.0. The lowest BCUT2D eigenvalue weighted by molar-refractivity contribution is -0.525. The van der Waals surface area contributed by atoms with Crippen LogP contribution in [-0.2, 0) is 0 Å². The summed E-state index contributed by atoms with van der Waals surface area (Å²) in [7, 11) is 0. The maximum atomic E-state index is 11.0. The highest BCUT2D eigenvalue weighted by molar-refractivity contribution is 4.65. The number of rotatable bonds is 2. The molecule has 1 aliphatic rings. The summed E-state index contributed by atoms with van der Waals surface area (Å²) in [4.78, 5) is 11.0. The second-order valence-electron chi connectivity index (χ2n) is 2.83. The summed E-state index contributed by atoms with van der Waals surface area (Å²) < 4.78 is 0.999. The molecule has 1 rings (SSSR count). The van der Waals surface area contributed by atoms with E-state index in [0.29, 0.717) is 0 Å². The zero-order valence-electron chi connectivity index (χ0n) is 6.25. The van der Waals surface area contributed by atoms with Crippen LogP contribution in [0.15, 0.2) is 12.8 Å². The molecule has 1 fully saturated rings. The van der Waals surface area contributed by atoms with Gasteiger partial charge in [-0.3, -0.25) is 0 Å². The van der Waals surface area contributed by atoms with Crippen molar-refractivity contribution >= 4 is 0 Å². The van der Waals surface area contributed by atoms with Crippen LogP contribution in [0.25, 0.3) is 0 Å². The summed E-state index contributed by atoms with van der Waals surface area (Å²) in [5.74, 6) is 0. The quantitative estimate of drug-likeness (QED) is 0.538. The topological polar surface area (TPSA) is 20.1 Å². The van der Waals surface area contributed by atoms with Crippen molar-refractivity contribution in [3.05, 3.63) is 17.7 Å². The molecule has 0 aliphatic heterocycles. The van der Waals surface area contributed by atoms with Crippen LogP contribution in [-0.4, -0.2) is 10.8 Å². The molecule has 0 atom stereocenters. The van der Waals surface area contributed by atoms with Crippen LogP contribution in [0, 0.1) is 4.91 Å². The van der Waals surface area contributed by atoms with E-state index in [9.17, 15) is 4.91 Å². The molecule has 0 N–H and O–H groups in total. The van der Waals surface area contributed by atoms with Crippen molar-refractivity contribution < 1.29 is 4.76 Å². The third-order valence-electron chi connectivity index (χ3n) is 2.11. The number of nitroso groups, excluding NO2 is 1. The van der Waals surface area contributed by atoms with Crippen molar-refractivity contribution in [3.63, 3.8) is 0 Å². The predicted molar refractivity (Wildman–Crippen MR) is 40.7 cm³/mol. The Bertz CT molecular complexity index is 136. The van der Waals surface area contributed by atoms with Crippen molar-refractivity contribution in [1.29, 1.82) is 0 Å². The van der Waals surface area contributed by atoms with E-state index in [-0.39, 0.29) is 6.04 Å². The lowest BCUT2D eigenvalue weighted by atomic mass is 9.96. The van der Waals surface area contributed by atoms with E-state index in [0.717, 1.165) is 17.6 Å². The van der Waals surface area contributed by atoms with E-state index in [4.69, 9.17) is 0 Å². The first-order valence-corrected chi connectivity index (χ1v) is 3.92. The van der Waals surface area contributed by atoms with Crippen LogP contribution in [0.3, 0.4) is 0 Å². The zero-order chi connectivity index (χ0) is 7.40. The minimum Gasteiger partial charge on any atom is -0.0528 e. The Balaban J connectivity index is 2.38. The van der Waals surface area contributed by atoms with Gasteiger partial charge in [0.15, 0.2) is 0 Å². The monoisotopic (exact) mass is 140 g/mol. The normalized spacial score (nSPS) is 20.4. The molecule has 56 valence electrons. The Morgan fingerprint density at radius 2 is 1.90 bits per heavy atom. The van der Waals surface area contributed by atoms with E-state index in [1.807, 2.05) is 0 Å². The fourth-order valence-electron chi connectivity index (χ4n) is 1.48. The second-order valence-corrected chi connectivity index (χ2v) is 2.83. The summed E-state index contributed by atoms with van der Waals surface area (Å²) in [6.45, 7) is 3.45. The first kappa shape index (κ1) is 7.45. The average molecular weight is 140 g/mol. The van der Waals surface area contributed by atoms with E-state index in [2.05, 4.69) is 6.58 Å². The van der Waals surface area contributed by atoms with Crippen molar-refractivity contribution in [2.75, 3.05) is 0 Å². The molecule has 1 aliphatic carbocycles. The third-order valence-corrected chi connectivity index (χ3v) is 2.11. The summed E-state index contributed by atoms with van der Waals surface area (Å²) in [6.07, 6.45) is 7.19. The van der Waals surface area contributed by atoms with Gasteiger partial charge in [0, 0.05) is 22.5 Å². The van der Waals surface area contributed by atoms with Crippen LogP contribution in [0.5, 0.6) is 0 Å². The van der Waals surface area contributed by atoms with Crippen LogP contribution in [0.1, 0.15) is 32.1 Å². The Kier molecular flexibility index (Phi) is 2.60. The Morgan fingerprint density at radius 3 is 2.40 bits per heavy atom. The highest BCUT2D eigenvalue weighted by Gasteiger charge is 2.24. The van der Waals surface area contributed by atoms with Crippen LogP contribution >= 0.6 is 0 Å². The van der Waals surface area contributed by atoms with Gasteiger partial charge in [0.25, 0.3) is 0 Å². The first-order valence-electron chi connectivity index (χ1n) is 3.92. The molecule has 1 saturated carbocycles. The molecule has 10 heavy (non-hydrogen) atoms. The summed E-state index contributed by atoms with van der Waals surface area (Å²) in [5.41, 5.74) is 0. The molecule has 0 saturated heterocycles. The third kappa shape index (κ3) is 1.66. The molecule has 0 aromatic carbocycles. The summed E-state index contributed by atoms with van der Waals surface area (Å²) in [6, 6.07) is 0.228. The van der Waals surface area contributed by atoms with Crippen molar-refractivity contribution in [1.82, 2.24) is 0 Å².